The van der Waals surface area contributed by atoms with Crippen LogP contribution in [0.3, 0.4) is 0 Å². The van der Waals surface area contributed by atoms with Gasteiger partial charge in [-0.05, 0) is 45.1 Å². The van der Waals surface area contributed by atoms with Crippen LogP contribution in [0.1, 0.15) is 44.6 Å². The summed E-state index contributed by atoms with van der Waals surface area (Å²) in [7, 11) is 0. The Bertz CT molecular complexity index is 753. The van der Waals surface area contributed by atoms with Crippen LogP contribution < -0.4 is 21.3 Å². The van der Waals surface area contributed by atoms with Gasteiger partial charge in [-0.15, -0.1) is 24.0 Å². The molecule has 0 saturated carbocycles. The van der Waals surface area contributed by atoms with Gasteiger partial charge in [-0.2, -0.15) is 0 Å². The van der Waals surface area contributed by atoms with E-state index in [1.54, 1.807) is 0 Å². The lowest BCUT2D eigenvalue weighted by molar-refractivity contribution is -0.122. The SMILES string of the molecule is CCNC(=NCc1cccnc1N1CCC(C(N)=O)CC1)NC1CC2CCC1O2.I. The average Bonchev–Trinajstić information content (AvgIpc) is 3.36. The van der Waals surface area contributed by atoms with Gasteiger partial charge < -0.3 is 26.0 Å². The number of piperidine rings is 1. The van der Waals surface area contributed by atoms with E-state index in [2.05, 4.69) is 33.5 Å². The van der Waals surface area contributed by atoms with Crippen LogP contribution in [-0.4, -0.2) is 54.7 Å². The van der Waals surface area contributed by atoms with E-state index in [-0.39, 0.29) is 35.8 Å². The molecular weight excluding hydrogens is 495 g/mol. The molecule has 4 heterocycles. The molecule has 0 aromatic carbocycles. The largest absolute Gasteiger partial charge is 0.373 e. The molecule has 3 unspecified atom stereocenters. The summed E-state index contributed by atoms with van der Waals surface area (Å²) in [5, 5.41) is 6.92. The number of hydrogen-bond acceptors (Lipinski definition) is 5. The first-order chi connectivity index (χ1) is 14.1. The molecule has 3 fully saturated rings. The van der Waals surface area contributed by atoms with Gasteiger partial charge in [0.2, 0.25) is 5.91 Å². The Hall–Kier alpha value is -1.62. The third kappa shape index (κ3) is 5.35. The molecule has 3 atom stereocenters. The van der Waals surface area contributed by atoms with Gasteiger partial charge in [-0.1, -0.05) is 6.07 Å². The number of amides is 1. The summed E-state index contributed by atoms with van der Waals surface area (Å²) in [6.07, 6.45) is 7.47. The van der Waals surface area contributed by atoms with E-state index in [1.165, 1.54) is 6.42 Å². The number of carbonyl (C=O) groups excluding carboxylic acids is 1. The number of nitrogens with zero attached hydrogens (tertiary/aromatic N) is 3. The molecular formula is C21H33IN6O2. The Kier molecular flexibility index (Phi) is 8.15. The summed E-state index contributed by atoms with van der Waals surface area (Å²) in [5.74, 6) is 1.57. The van der Waals surface area contributed by atoms with Crippen molar-refractivity contribution < 1.29 is 9.53 Å². The van der Waals surface area contributed by atoms with Crippen LogP contribution in [0, 0.1) is 5.92 Å². The molecule has 2 bridgehead atoms. The maximum absolute atomic E-state index is 11.4. The van der Waals surface area contributed by atoms with Crippen molar-refractivity contribution in [1.82, 2.24) is 15.6 Å². The van der Waals surface area contributed by atoms with E-state index < -0.39 is 0 Å². The predicted octanol–water partition coefficient (Wildman–Crippen LogP) is 1.78. The quantitative estimate of drug-likeness (QED) is 0.296. The van der Waals surface area contributed by atoms with Crippen molar-refractivity contribution in [3.8, 4) is 0 Å². The molecule has 0 radical (unpaired) electrons. The molecule has 4 N–H and O–H groups in total. The first-order valence-corrected chi connectivity index (χ1v) is 10.8. The molecule has 166 valence electrons. The number of aromatic nitrogens is 1. The molecule has 0 spiro atoms. The molecule has 3 aliphatic heterocycles. The molecule has 3 saturated heterocycles. The third-order valence-electron chi connectivity index (χ3n) is 6.24. The number of nitrogens with two attached hydrogens (primary N) is 1. The number of guanidine groups is 1. The van der Waals surface area contributed by atoms with E-state index in [4.69, 9.17) is 15.5 Å². The van der Waals surface area contributed by atoms with Crippen LogP contribution >= 0.6 is 24.0 Å². The normalized spacial score (nSPS) is 26.4. The summed E-state index contributed by atoms with van der Waals surface area (Å²) in [5.41, 5.74) is 6.56. The number of pyridine rings is 1. The van der Waals surface area contributed by atoms with E-state index in [0.717, 1.165) is 62.7 Å². The van der Waals surface area contributed by atoms with Crippen molar-refractivity contribution in [2.24, 2.45) is 16.6 Å². The Morgan fingerprint density at radius 3 is 2.77 bits per heavy atom. The maximum Gasteiger partial charge on any atom is 0.220 e. The summed E-state index contributed by atoms with van der Waals surface area (Å²) in [6.45, 7) is 5.03. The zero-order valence-corrected chi connectivity index (χ0v) is 19.9. The molecule has 1 amide bonds. The highest BCUT2D eigenvalue weighted by Gasteiger charge is 2.41. The van der Waals surface area contributed by atoms with E-state index >= 15 is 0 Å². The minimum Gasteiger partial charge on any atom is -0.373 e. The zero-order chi connectivity index (χ0) is 20.2. The minimum atomic E-state index is -0.193. The number of nitrogens with one attached hydrogen (secondary N) is 2. The number of hydrogen-bond donors (Lipinski definition) is 3. The van der Waals surface area contributed by atoms with Crippen LogP contribution in [0.5, 0.6) is 0 Å². The van der Waals surface area contributed by atoms with Gasteiger partial charge in [0.05, 0.1) is 24.8 Å². The molecule has 30 heavy (non-hydrogen) atoms. The van der Waals surface area contributed by atoms with Crippen molar-refractivity contribution in [3.05, 3.63) is 23.9 Å². The second kappa shape index (κ2) is 10.6. The van der Waals surface area contributed by atoms with Crippen molar-refractivity contribution in [2.45, 2.75) is 63.8 Å². The fraction of sp³-hybridized carbons (Fsp3) is 0.667. The Labute approximate surface area is 195 Å². The van der Waals surface area contributed by atoms with Gasteiger partial charge in [0.15, 0.2) is 5.96 Å². The average molecular weight is 528 g/mol. The van der Waals surface area contributed by atoms with E-state index in [1.807, 2.05) is 12.3 Å². The van der Waals surface area contributed by atoms with Crippen LogP contribution in [0.15, 0.2) is 23.3 Å². The molecule has 8 nitrogen and oxygen atoms in total. The Morgan fingerprint density at radius 2 is 2.13 bits per heavy atom. The third-order valence-corrected chi connectivity index (χ3v) is 6.24. The van der Waals surface area contributed by atoms with Gasteiger partial charge >= 0.3 is 0 Å². The number of rotatable bonds is 6. The van der Waals surface area contributed by atoms with Gasteiger partial charge in [-0.25, -0.2) is 9.98 Å². The summed E-state index contributed by atoms with van der Waals surface area (Å²) in [6, 6.07) is 4.37. The van der Waals surface area contributed by atoms with Gasteiger partial charge in [0.1, 0.15) is 5.82 Å². The number of aliphatic imine (C=N–C) groups is 1. The second-order valence-corrected chi connectivity index (χ2v) is 8.21. The van der Waals surface area contributed by atoms with Gasteiger partial charge in [0.25, 0.3) is 0 Å². The smallest absolute Gasteiger partial charge is 0.220 e. The van der Waals surface area contributed by atoms with Crippen LogP contribution in [-0.2, 0) is 16.1 Å². The Balaban J connectivity index is 0.00000256. The maximum atomic E-state index is 11.4. The van der Waals surface area contributed by atoms with Crippen molar-refractivity contribution in [3.63, 3.8) is 0 Å². The van der Waals surface area contributed by atoms with Gasteiger partial charge in [0, 0.05) is 37.3 Å². The number of fused-ring (bicyclic) bond motifs is 2. The van der Waals surface area contributed by atoms with Crippen LogP contribution in [0.2, 0.25) is 0 Å². The summed E-state index contributed by atoms with van der Waals surface area (Å²) >= 11 is 0. The van der Waals surface area contributed by atoms with E-state index in [9.17, 15) is 4.79 Å². The lowest BCUT2D eigenvalue weighted by Gasteiger charge is -2.32. The Morgan fingerprint density at radius 1 is 1.33 bits per heavy atom. The molecule has 9 heteroatoms. The number of primary amides is 1. The van der Waals surface area contributed by atoms with Gasteiger partial charge in [-0.3, -0.25) is 4.79 Å². The zero-order valence-electron chi connectivity index (χ0n) is 17.5. The summed E-state index contributed by atoms with van der Waals surface area (Å²) < 4.78 is 5.96. The highest BCUT2D eigenvalue weighted by Crippen LogP contribution is 2.34. The van der Waals surface area contributed by atoms with Crippen LogP contribution in [0.4, 0.5) is 5.82 Å². The predicted molar refractivity (Wildman–Crippen MR) is 128 cm³/mol. The standard InChI is InChI=1S/C21H32N6O2.HI/c1-2-23-21(26-17-12-16-5-6-18(17)29-16)25-13-15-4-3-9-24-20(15)27-10-7-14(8-11-27)19(22)28;/h3-4,9,14,16-18H,2,5-8,10-13H2,1H3,(H2,22,28)(H2,23,25,26);1H. The fourth-order valence-electron chi connectivity index (χ4n) is 4.66. The second-order valence-electron chi connectivity index (χ2n) is 8.21. The molecule has 3 aliphatic rings. The number of ether oxygens (including phenoxy) is 1. The molecule has 1 aromatic heterocycles. The first-order valence-electron chi connectivity index (χ1n) is 10.8. The highest BCUT2D eigenvalue weighted by molar-refractivity contribution is 14.0. The number of halogens is 1. The van der Waals surface area contributed by atoms with E-state index in [0.29, 0.717) is 24.8 Å². The lowest BCUT2D eigenvalue weighted by atomic mass is 9.96. The number of anilines is 1. The van der Waals surface area contributed by atoms with Crippen molar-refractivity contribution >= 4 is 41.7 Å². The monoisotopic (exact) mass is 528 g/mol. The van der Waals surface area contributed by atoms with Crippen molar-refractivity contribution in [2.75, 3.05) is 24.5 Å². The molecule has 1 aromatic rings. The number of carbonyl (C=O) groups is 1. The first kappa shape index (κ1) is 23.1. The summed E-state index contributed by atoms with van der Waals surface area (Å²) in [4.78, 5) is 23.1. The molecule has 0 aliphatic carbocycles. The highest BCUT2D eigenvalue weighted by atomic mass is 127. The molecule has 4 rings (SSSR count). The van der Waals surface area contributed by atoms with Crippen molar-refractivity contribution in [1.29, 1.82) is 0 Å². The van der Waals surface area contributed by atoms with Crippen LogP contribution in [0.25, 0.3) is 0 Å². The fourth-order valence-corrected chi connectivity index (χ4v) is 4.66. The minimum absolute atomic E-state index is 0. The lowest BCUT2D eigenvalue weighted by Crippen LogP contribution is -2.47. The topological polar surface area (TPSA) is 105 Å².